The number of carbonyl (C=O) groups excluding carboxylic acids is 3. The molecule has 3 rings (SSSR count). The maximum absolute atomic E-state index is 13.4. The Morgan fingerprint density at radius 2 is 1.91 bits per heavy atom. The van der Waals surface area contributed by atoms with Crippen molar-refractivity contribution in [2.24, 2.45) is 0 Å². The zero-order valence-corrected chi connectivity index (χ0v) is 21.0. The molecule has 1 atom stereocenters. The summed E-state index contributed by atoms with van der Waals surface area (Å²) in [5.74, 6) is -0.0442. The highest BCUT2D eigenvalue weighted by molar-refractivity contribution is 7.98. The third kappa shape index (κ3) is 6.27. The number of hydrogen-bond acceptors (Lipinski definition) is 6. The predicted octanol–water partition coefficient (Wildman–Crippen LogP) is 3.27. The second-order valence-corrected chi connectivity index (χ2v) is 8.80. The largest absolute Gasteiger partial charge is 0.494 e. The molecule has 10 heteroatoms. The first-order chi connectivity index (χ1) is 16.3. The van der Waals surface area contributed by atoms with E-state index in [1.807, 2.05) is 37.4 Å². The first kappa shape index (κ1) is 25.5. The van der Waals surface area contributed by atoms with E-state index in [4.69, 9.17) is 17.0 Å². The molecule has 0 saturated carbocycles. The number of rotatable bonds is 10. The van der Waals surface area contributed by atoms with E-state index in [9.17, 15) is 14.4 Å². The summed E-state index contributed by atoms with van der Waals surface area (Å²) in [4.78, 5) is 41.8. The average molecular weight is 501 g/mol. The van der Waals surface area contributed by atoms with Gasteiger partial charge >= 0.3 is 0 Å². The van der Waals surface area contributed by atoms with E-state index in [-0.39, 0.29) is 24.1 Å². The topological polar surface area (TPSA) is 91.0 Å². The van der Waals surface area contributed by atoms with Gasteiger partial charge < -0.3 is 20.3 Å². The number of carbonyl (C=O) groups is 3. The van der Waals surface area contributed by atoms with Crippen molar-refractivity contribution in [1.29, 1.82) is 0 Å². The molecule has 1 fully saturated rings. The van der Waals surface area contributed by atoms with Crippen LogP contribution in [-0.4, -0.2) is 59.7 Å². The number of nitrogens with one attached hydrogen (secondary N) is 2. The van der Waals surface area contributed by atoms with Crippen LogP contribution in [0.5, 0.6) is 5.75 Å². The van der Waals surface area contributed by atoms with Gasteiger partial charge in [0.15, 0.2) is 5.11 Å². The summed E-state index contributed by atoms with van der Waals surface area (Å²) >= 11 is 7.21. The molecule has 0 aliphatic carbocycles. The van der Waals surface area contributed by atoms with Crippen molar-refractivity contribution >= 4 is 58.2 Å². The van der Waals surface area contributed by atoms with Crippen molar-refractivity contribution in [2.45, 2.75) is 31.2 Å². The number of thioether (sulfide) groups is 1. The lowest BCUT2D eigenvalue weighted by Crippen LogP contribution is -2.42. The molecule has 0 bridgehead atoms. The van der Waals surface area contributed by atoms with Crippen molar-refractivity contribution < 1.29 is 19.1 Å². The first-order valence-electron chi connectivity index (χ1n) is 10.9. The summed E-state index contributed by atoms with van der Waals surface area (Å²) in [6.07, 6.45) is 1.88. The molecule has 1 saturated heterocycles. The summed E-state index contributed by atoms with van der Waals surface area (Å²) in [5, 5.41) is 5.87. The smallest absolute Gasteiger partial charge is 0.256 e. The van der Waals surface area contributed by atoms with Gasteiger partial charge in [-0.15, -0.1) is 11.8 Å². The molecular formula is C24H28N4O4S2. The predicted molar refractivity (Wildman–Crippen MR) is 138 cm³/mol. The van der Waals surface area contributed by atoms with Crippen LogP contribution >= 0.6 is 24.0 Å². The number of anilines is 2. The fraction of sp³-hybridized carbons (Fsp3) is 0.333. The van der Waals surface area contributed by atoms with Crippen molar-refractivity contribution in [3.05, 3.63) is 48.5 Å². The van der Waals surface area contributed by atoms with Crippen molar-refractivity contribution in [1.82, 2.24) is 10.2 Å². The van der Waals surface area contributed by atoms with E-state index in [1.54, 1.807) is 40.9 Å². The van der Waals surface area contributed by atoms with Gasteiger partial charge in [-0.2, -0.15) is 0 Å². The molecule has 1 unspecified atom stereocenters. The van der Waals surface area contributed by atoms with Crippen molar-refractivity contribution in [3.8, 4) is 5.75 Å². The third-order valence-electron chi connectivity index (χ3n) is 5.18. The molecule has 2 N–H and O–H groups in total. The van der Waals surface area contributed by atoms with E-state index < -0.39 is 6.04 Å². The quantitative estimate of drug-likeness (QED) is 0.382. The molecule has 1 aliphatic heterocycles. The summed E-state index contributed by atoms with van der Waals surface area (Å²) in [6, 6.07) is 13.8. The van der Waals surface area contributed by atoms with Gasteiger partial charge in [-0.05, 0) is 67.9 Å². The summed E-state index contributed by atoms with van der Waals surface area (Å²) in [5.41, 5.74) is 1.26. The fourth-order valence-electron chi connectivity index (χ4n) is 3.62. The van der Waals surface area contributed by atoms with Gasteiger partial charge in [-0.3, -0.25) is 19.3 Å². The molecule has 0 radical (unpaired) electrons. The Morgan fingerprint density at radius 1 is 1.18 bits per heavy atom. The van der Waals surface area contributed by atoms with E-state index in [1.165, 1.54) is 11.8 Å². The highest BCUT2D eigenvalue weighted by Gasteiger charge is 2.44. The van der Waals surface area contributed by atoms with Crippen LogP contribution in [-0.2, 0) is 14.4 Å². The zero-order valence-electron chi connectivity index (χ0n) is 19.4. The van der Waals surface area contributed by atoms with Gasteiger partial charge in [0.25, 0.3) is 5.91 Å². The Morgan fingerprint density at radius 3 is 2.56 bits per heavy atom. The van der Waals surface area contributed by atoms with Gasteiger partial charge in [0.1, 0.15) is 11.8 Å². The fourth-order valence-corrected chi connectivity index (χ4v) is 4.48. The van der Waals surface area contributed by atoms with Crippen LogP contribution in [0, 0.1) is 0 Å². The molecule has 0 aromatic heterocycles. The SMILES string of the molecule is CCOc1ccc(NC(=O)CC2C(=O)N(c3cccc(SC)c3)C(=S)N2CCNC(C)=O)cc1. The highest BCUT2D eigenvalue weighted by atomic mass is 32.2. The number of nitrogens with zero attached hydrogens (tertiary/aromatic N) is 2. The lowest BCUT2D eigenvalue weighted by molar-refractivity contribution is -0.124. The molecule has 8 nitrogen and oxygen atoms in total. The molecule has 3 amide bonds. The molecule has 180 valence electrons. The Bertz CT molecular complexity index is 1060. The van der Waals surface area contributed by atoms with Gasteiger partial charge in [-0.25, -0.2) is 0 Å². The first-order valence-corrected chi connectivity index (χ1v) is 12.5. The van der Waals surface area contributed by atoms with Crippen LogP contribution in [0.1, 0.15) is 20.3 Å². The monoisotopic (exact) mass is 500 g/mol. The van der Waals surface area contributed by atoms with Crippen LogP contribution in [0.2, 0.25) is 0 Å². The number of hydrogen-bond donors (Lipinski definition) is 2. The number of benzene rings is 2. The molecular weight excluding hydrogens is 472 g/mol. The Balaban J connectivity index is 1.78. The van der Waals surface area contributed by atoms with Crippen LogP contribution < -0.4 is 20.3 Å². The lowest BCUT2D eigenvalue weighted by atomic mass is 10.1. The maximum Gasteiger partial charge on any atom is 0.256 e. The lowest BCUT2D eigenvalue weighted by Gasteiger charge is -2.24. The van der Waals surface area contributed by atoms with Crippen LogP contribution in [0.3, 0.4) is 0 Å². The van der Waals surface area contributed by atoms with E-state index >= 15 is 0 Å². The Labute approximate surface area is 209 Å². The number of thiocarbonyl (C=S) groups is 1. The van der Waals surface area contributed by atoms with Gasteiger partial charge in [0, 0.05) is 30.6 Å². The van der Waals surface area contributed by atoms with E-state index in [2.05, 4.69) is 10.6 Å². The zero-order chi connectivity index (χ0) is 24.7. The molecule has 1 aliphatic rings. The molecule has 1 heterocycles. The normalized spacial score (nSPS) is 15.4. The van der Waals surface area contributed by atoms with Crippen LogP contribution in [0.4, 0.5) is 11.4 Å². The highest BCUT2D eigenvalue weighted by Crippen LogP contribution is 2.30. The number of amides is 3. The van der Waals surface area contributed by atoms with Gasteiger partial charge in [0.05, 0.1) is 18.7 Å². The van der Waals surface area contributed by atoms with E-state index in [0.717, 1.165) is 4.90 Å². The maximum atomic E-state index is 13.4. The molecule has 0 spiro atoms. The molecule has 2 aromatic carbocycles. The summed E-state index contributed by atoms with van der Waals surface area (Å²) in [7, 11) is 0. The second-order valence-electron chi connectivity index (χ2n) is 7.56. The Hall–Kier alpha value is -3.11. The minimum atomic E-state index is -0.776. The number of ether oxygens (including phenoxy) is 1. The van der Waals surface area contributed by atoms with E-state index in [0.29, 0.717) is 41.9 Å². The van der Waals surface area contributed by atoms with Crippen molar-refractivity contribution in [3.63, 3.8) is 0 Å². The molecule has 2 aromatic rings. The third-order valence-corrected chi connectivity index (χ3v) is 6.33. The van der Waals surface area contributed by atoms with Crippen LogP contribution in [0.15, 0.2) is 53.4 Å². The Kier molecular flexibility index (Phi) is 8.89. The van der Waals surface area contributed by atoms with Crippen LogP contribution in [0.25, 0.3) is 0 Å². The standard InChI is InChI=1S/C24H28N4O4S2/c1-4-32-19-10-8-17(9-11-19)26-22(30)15-21-23(31)28(18-6-5-7-20(14-18)34-3)24(33)27(21)13-12-25-16(2)29/h5-11,14,21H,4,12-13,15H2,1-3H3,(H,25,29)(H,26,30). The summed E-state index contributed by atoms with van der Waals surface area (Å²) in [6.45, 7) is 4.49. The van der Waals surface area contributed by atoms with Gasteiger partial charge in [0.2, 0.25) is 11.8 Å². The minimum absolute atomic E-state index is 0.0784. The average Bonchev–Trinajstić information content (AvgIpc) is 3.04. The second kappa shape index (κ2) is 11.8. The minimum Gasteiger partial charge on any atom is -0.494 e. The van der Waals surface area contributed by atoms with Crippen molar-refractivity contribution in [2.75, 3.05) is 36.2 Å². The summed E-state index contributed by atoms with van der Waals surface area (Å²) < 4.78 is 5.42. The van der Waals surface area contributed by atoms with Gasteiger partial charge in [-0.1, -0.05) is 6.07 Å². The molecule has 34 heavy (non-hydrogen) atoms.